The van der Waals surface area contributed by atoms with Crippen molar-refractivity contribution in [3.8, 4) is 17.1 Å². The molecule has 0 bridgehead atoms. The van der Waals surface area contributed by atoms with Crippen molar-refractivity contribution in [1.82, 2.24) is 19.9 Å². The van der Waals surface area contributed by atoms with Gasteiger partial charge in [0, 0.05) is 42.7 Å². The number of thiazole rings is 1. The molecular weight excluding hydrogens is 510 g/mol. The fraction of sp³-hybridized carbons (Fsp3) is 0.250. The van der Waals surface area contributed by atoms with Gasteiger partial charge in [-0.2, -0.15) is 9.97 Å². The molecule has 186 valence electrons. The quantitative estimate of drug-likeness (QED) is 0.375. The minimum Gasteiger partial charge on any atom is -0.467 e. The van der Waals surface area contributed by atoms with Gasteiger partial charge in [0.1, 0.15) is 17.2 Å². The number of benzene rings is 2. The lowest BCUT2D eigenvalue weighted by Crippen LogP contribution is -2.36. The number of anilines is 2. The molecule has 36 heavy (non-hydrogen) atoms. The zero-order chi connectivity index (χ0) is 25.7. The number of nitrogen functional groups attached to an aromatic ring is 1. The molecule has 3 heterocycles. The number of carbonyl (C=O) groups excluding carboxylic acids is 1. The van der Waals surface area contributed by atoms with E-state index in [1.807, 2.05) is 11.9 Å². The standard InChI is InChI=1S/C24H21ClF2N6O2S/c1-4-16(34)33-8-7-11(10-33)32(2)22-13-9-14(25)17(18(27)19(13)30-24(31-22)35-3)12-5-6-15(26)21-20(12)29-23(28)36-21/h4-6,9,11H,1,7-8,10H2,2-3H3,(H2,28,29). The Morgan fingerprint density at radius 3 is 2.83 bits per heavy atom. The summed E-state index contributed by atoms with van der Waals surface area (Å²) in [5.41, 5.74) is 6.33. The van der Waals surface area contributed by atoms with Crippen LogP contribution in [0.15, 0.2) is 30.9 Å². The first-order valence-electron chi connectivity index (χ1n) is 11.0. The van der Waals surface area contributed by atoms with Crippen LogP contribution in [0.2, 0.25) is 5.02 Å². The third kappa shape index (κ3) is 3.88. The Balaban J connectivity index is 1.67. The molecule has 1 atom stereocenters. The summed E-state index contributed by atoms with van der Waals surface area (Å²) >= 11 is 7.60. The van der Waals surface area contributed by atoms with Gasteiger partial charge in [0.05, 0.1) is 22.3 Å². The van der Waals surface area contributed by atoms with Crippen molar-refractivity contribution in [2.45, 2.75) is 12.5 Å². The van der Waals surface area contributed by atoms with E-state index in [1.54, 1.807) is 11.0 Å². The molecule has 0 aliphatic carbocycles. The van der Waals surface area contributed by atoms with Crippen LogP contribution in [0, 0.1) is 11.6 Å². The van der Waals surface area contributed by atoms with Gasteiger partial charge in [-0.15, -0.1) is 0 Å². The van der Waals surface area contributed by atoms with E-state index in [-0.39, 0.29) is 49.4 Å². The van der Waals surface area contributed by atoms with Gasteiger partial charge in [-0.25, -0.2) is 13.8 Å². The van der Waals surface area contributed by atoms with Gasteiger partial charge in [0.25, 0.3) is 0 Å². The first kappa shape index (κ1) is 24.1. The number of nitrogens with zero attached hydrogens (tertiary/aromatic N) is 5. The summed E-state index contributed by atoms with van der Waals surface area (Å²) in [7, 11) is 3.20. The number of fused-ring (bicyclic) bond motifs is 2. The van der Waals surface area contributed by atoms with E-state index in [0.29, 0.717) is 36.3 Å². The highest BCUT2D eigenvalue weighted by Crippen LogP contribution is 2.42. The molecular formula is C24H21ClF2N6O2S. The van der Waals surface area contributed by atoms with Gasteiger partial charge in [-0.1, -0.05) is 29.5 Å². The molecule has 1 unspecified atom stereocenters. The number of amides is 1. The number of hydrogen-bond donors (Lipinski definition) is 1. The molecule has 4 aromatic rings. The fourth-order valence-electron chi connectivity index (χ4n) is 4.52. The summed E-state index contributed by atoms with van der Waals surface area (Å²) in [6.45, 7) is 4.57. The van der Waals surface area contributed by atoms with E-state index in [4.69, 9.17) is 22.1 Å². The molecule has 12 heteroatoms. The number of nitrogens with two attached hydrogens (primary N) is 1. The Labute approximate surface area is 214 Å². The van der Waals surface area contributed by atoms with Crippen LogP contribution in [0.3, 0.4) is 0 Å². The van der Waals surface area contributed by atoms with E-state index in [2.05, 4.69) is 21.5 Å². The third-order valence-corrected chi connectivity index (χ3v) is 7.53. The maximum atomic E-state index is 16.1. The van der Waals surface area contributed by atoms with Crippen LogP contribution in [-0.2, 0) is 4.79 Å². The fourth-order valence-corrected chi connectivity index (χ4v) is 5.58. The van der Waals surface area contributed by atoms with Crippen molar-refractivity contribution >= 4 is 60.9 Å². The number of hydrogen-bond acceptors (Lipinski definition) is 8. The molecule has 8 nitrogen and oxygen atoms in total. The van der Waals surface area contributed by atoms with Crippen molar-refractivity contribution in [2.24, 2.45) is 0 Å². The predicted molar refractivity (Wildman–Crippen MR) is 138 cm³/mol. The minimum atomic E-state index is -0.720. The van der Waals surface area contributed by atoms with Gasteiger partial charge in [0.2, 0.25) is 5.91 Å². The number of rotatable bonds is 5. The second-order valence-electron chi connectivity index (χ2n) is 8.34. The Hall–Kier alpha value is -3.57. The Bertz CT molecular complexity index is 1540. The van der Waals surface area contributed by atoms with Gasteiger partial charge in [0.15, 0.2) is 10.9 Å². The summed E-state index contributed by atoms with van der Waals surface area (Å²) in [5, 5.41) is 0.606. The number of ether oxygens (including phenoxy) is 1. The van der Waals surface area contributed by atoms with Crippen molar-refractivity contribution in [1.29, 1.82) is 0 Å². The number of carbonyl (C=O) groups is 1. The van der Waals surface area contributed by atoms with Crippen molar-refractivity contribution in [2.75, 3.05) is 37.9 Å². The Kier molecular flexibility index (Phi) is 6.13. The van der Waals surface area contributed by atoms with E-state index in [9.17, 15) is 9.18 Å². The molecule has 0 saturated carbocycles. The van der Waals surface area contributed by atoms with Gasteiger partial charge in [-0.05, 0) is 30.7 Å². The maximum Gasteiger partial charge on any atom is 0.318 e. The van der Waals surface area contributed by atoms with Gasteiger partial charge < -0.3 is 20.3 Å². The summed E-state index contributed by atoms with van der Waals surface area (Å²) in [4.78, 5) is 28.5. The van der Waals surface area contributed by atoms with Crippen LogP contribution in [-0.4, -0.2) is 59.0 Å². The first-order chi connectivity index (χ1) is 17.2. The van der Waals surface area contributed by atoms with Crippen LogP contribution < -0.4 is 15.4 Å². The lowest BCUT2D eigenvalue weighted by atomic mass is 10.0. The minimum absolute atomic E-state index is 0.0132. The second-order valence-corrected chi connectivity index (χ2v) is 9.78. The largest absolute Gasteiger partial charge is 0.467 e. The SMILES string of the molecule is C=CC(=O)N1CCC(N(C)c2nc(OC)nc3c(F)c(-c4ccc(F)c5sc(N)nc45)c(Cl)cc23)C1. The van der Waals surface area contributed by atoms with Crippen LogP contribution in [0.5, 0.6) is 6.01 Å². The molecule has 2 aromatic carbocycles. The second kappa shape index (κ2) is 9.14. The van der Waals surface area contributed by atoms with Crippen molar-refractivity contribution in [3.63, 3.8) is 0 Å². The van der Waals surface area contributed by atoms with E-state index in [1.165, 1.54) is 25.3 Å². The zero-order valence-electron chi connectivity index (χ0n) is 19.4. The summed E-state index contributed by atoms with van der Waals surface area (Å²) < 4.78 is 36.0. The molecule has 2 N–H and O–H groups in total. The highest BCUT2D eigenvalue weighted by molar-refractivity contribution is 7.22. The Morgan fingerprint density at radius 1 is 1.33 bits per heavy atom. The van der Waals surface area contributed by atoms with E-state index in [0.717, 1.165) is 11.3 Å². The van der Waals surface area contributed by atoms with Crippen LogP contribution in [0.1, 0.15) is 6.42 Å². The highest BCUT2D eigenvalue weighted by atomic mass is 35.5. The normalized spacial score (nSPS) is 15.6. The number of likely N-dealkylation sites (tertiary alicyclic amines) is 1. The number of halogens is 3. The lowest BCUT2D eigenvalue weighted by molar-refractivity contribution is -0.125. The molecule has 1 saturated heterocycles. The van der Waals surface area contributed by atoms with Crippen molar-refractivity contribution < 1.29 is 18.3 Å². The van der Waals surface area contributed by atoms with E-state index >= 15 is 4.39 Å². The molecule has 1 aliphatic rings. The first-order valence-corrected chi connectivity index (χ1v) is 12.2. The summed E-state index contributed by atoms with van der Waals surface area (Å²) in [5.74, 6) is -0.969. The molecule has 1 aliphatic heterocycles. The third-order valence-electron chi connectivity index (χ3n) is 6.34. The summed E-state index contributed by atoms with van der Waals surface area (Å²) in [6, 6.07) is 4.12. The van der Waals surface area contributed by atoms with E-state index < -0.39 is 11.6 Å². The average molecular weight is 531 g/mol. The number of likely N-dealkylation sites (N-methyl/N-ethyl adjacent to an activating group) is 1. The van der Waals surface area contributed by atoms with Gasteiger partial charge in [-0.3, -0.25) is 4.79 Å². The molecule has 1 fully saturated rings. The monoisotopic (exact) mass is 530 g/mol. The van der Waals surface area contributed by atoms with Crippen molar-refractivity contribution in [3.05, 3.63) is 47.5 Å². The Morgan fingerprint density at radius 2 is 2.11 bits per heavy atom. The molecule has 1 amide bonds. The highest BCUT2D eigenvalue weighted by Gasteiger charge is 2.31. The molecule has 0 spiro atoms. The van der Waals surface area contributed by atoms with Crippen LogP contribution >= 0.6 is 22.9 Å². The predicted octanol–water partition coefficient (Wildman–Crippen LogP) is 4.65. The number of methoxy groups -OCH3 is 1. The van der Waals surface area contributed by atoms with Gasteiger partial charge >= 0.3 is 6.01 Å². The molecule has 5 rings (SSSR count). The average Bonchev–Trinajstić information content (AvgIpc) is 3.51. The summed E-state index contributed by atoms with van der Waals surface area (Å²) in [6.07, 6.45) is 1.97. The zero-order valence-corrected chi connectivity index (χ0v) is 21.0. The topological polar surface area (TPSA) is 97.5 Å². The van der Waals surface area contributed by atoms with Crippen LogP contribution in [0.4, 0.5) is 19.7 Å². The maximum absolute atomic E-state index is 16.1. The number of aromatic nitrogens is 3. The van der Waals surface area contributed by atoms with Crippen LogP contribution in [0.25, 0.3) is 32.2 Å². The lowest BCUT2D eigenvalue weighted by Gasteiger charge is -2.27. The smallest absolute Gasteiger partial charge is 0.318 e. The molecule has 0 radical (unpaired) electrons. The molecule has 2 aromatic heterocycles.